The summed E-state index contributed by atoms with van der Waals surface area (Å²) in [5.74, 6) is -0.774. The van der Waals surface area contributed by atoms with Gasteiger partial charge in [-0.15, -0.1) is 0 Å². The molecule has 0 saturated heterocycles. The van der Waals surface area contributed by atoms with Crippen LogP contribution in [0.5, 0.6) is 5.75 Å². The minimum Gasteiger partial charge on any atom is -0.494 e. The predicted octanol–water partition coefficient (Wildman–Crippen LogP) is 3.23. The molecule has 21 heavy (non-hydrogen) atoms. The van der Waals surface area contributed by atoms with Gasteiger partial charge in [-0.1, -0.05) is 30.1 Å². The minimum atomic E-state index is -0.845. The van der Waals surface area contributed by atoms with Gasteiger partial charge in [-0.05, 0) is 24.5 Å². The van der Waals surface area contributed by atoms with Crippen LogP contribution in [-0.4, -0.2) is 30.6 Å². The standard InChI is InChI=1S/C14H17Cl2NO4/c1-8(3-4-12(18)19)7-17-14(20)9-5-10(15)13(21-2)11(16)6-9/h5-6,8H,3-4,7H2,1-2H3,(H,17,20)(H,18,19). The van der Waals surface area contributed by atoms with E-state index >= 15 is 0 Å². The summed E-state index contributed by atoms with van der Waals surface area (Å²) in [6.07, 6.45) is 0.580. The molecule has 0 spiro atoms. The fourth-order valence-electron chi connectivity index (χ4n) is 1.73. The highest BCUT2D eigenvalue weighted by Crippen LogP contribution is 2.33. The van der Waals surface area contributed by atoms with E-state index in [9.17, 15) is 9.59 Å². The van der Waals surface area contributed by atoms with Crippen molar-refractivity contribution in [3.05, 3.63) is 27.7 Å². The molecule has 0 radical (unpaired) electrons. The van der Waals surface area contributed by atoms with Crippen molar-refractivity contribution in [1.82, 2.24) is 5.32 Å². The van der Waals surface area contributed by atoms with Crippen molar-refractivity contribution in [2.24, 2.45) is 5.92 Å². The molecule has 1 amide bonds. The Kier molecular flexibility index (Phi) is 6.78. The lowest BCUT2D eigenvalue weighted by Crippen LogP contribution is -2.28. The van der Waals surface area contributed by atoms with E-state index in [-0.39, 0.29) is 28.3 Å². The Labute approximate surface area is 133 Å². The third-order valence-electron chi connectivity index (χ3n) is 2.93. The zero-order valence-corrected chi connectivity index (χ0v) is 13.3. The van der Waals surface area contributed by atoms with Gasteiger partial charge in [-0.3, -0.25) is 9.59 Å². The van der Waals surface area contributed by atoms with Crippen LogP contribution in [-0.2, 0) is 4.79 Å². The second-order valence-corrected chi connectivity index (χ2v) is 5.54. The Morgan fingerprint density at radius 3 is 2.38 bits per heavy atom. The second kappa shape index (κ2) is 8.10. The number of carboxylic acid groups (broad SMARTS) is 1. The van der Waals surface area contributed by atoms with Crippen molar-refractivity contribution in [1.29, 1.82) is 0 Å². The Morgan fingerprint density at radius 2 is 1.90 bits per heavy atom. The molecule has 2 N–H and O–H groups in total. The van der Waals surface area contributed by atoms with Gasteiger partial charge in [0.2, 0.25) is 0 Å². The quantitative estimate of drug-likeness (QED) is 0.803. The van der Waals surface area contributed by atoms with Crippen LogP contribution in [0.2, 0.25) is 10.0 Å². The van der Waals surface area contributed by atoms with E-state index in [1.54, 1.807) is 0 Å². The molecular formula is C14H17Cl2NO4. The van der Waals surface area contributed by atoms with Crippen molar-refractivity contribution in [3.8, 4) is 5.75 Å². The van der Waals surface area contributed by atoms with E-state index in [0.29, 0.717) is 24.3 Å². The molecule has 116 valence electrons. The molecule has 0 fully saturated rings. The monoisotopic (exact) mass is 333 g/mol. The summed E-state index contributed by atoms with van der Waals surface area (Å²) in [4.78, 5) is 22.5. The lowest BCUT2D eigenvalue weighted by molar-refractivity contribution is -0.137. The number of carboxylic acids is 1. The highest BCUT2D eigenvalue weighted by molar-refractivity contribution is 6.37. The summed E-state index contributed by atoms with van der Waals surface area (Å²) in [5.41, 5.74) is 0.330. The van der Waals surface area contributed by atoms with Gasteiger partial charge in [0.15, 0.2) is 5.75 Å². The van der Waals surface area contributed by atoms with E-state index in [0.717, 1.165) is 0 Å². The second-order valence-electron chi connectivity index (χ2n) is 4.72. The number of benzene rings is 1. The number of nitrogens with one attached hydrogen (secondary N) is 1. The van der Waals surface area contributed by atoms with Crippen LogP contribution in [0.3, 0.4) is 0 Å². The average molecular weight is 334 g/mol. The summed E-state index contributed by atoms with van der Waals surface area (Å²) in [6.45, 7) is 2.25. The topological polar surface area (TPSA) is 75.6 Å². The van der Waals surface area contributed by atoms with E-state index in [2.05, 4.69) is 5.32 Å². The van der Waals surface area contributed by atoms with E-state index in [4.69, 9.17) is 33.0 Å². The van der Waals surface area contributed by atoms with Crippen molar-refractivity contribution in [2.45, 2.75) is 19.8 Å². The molecule has 1 unspecified atom stereocenters. The summed E-state index contributed by atoms with van der Waals surface area (Å²) < 4.78 is 5.01. The highest BCUT2D eigenvalue weighted by atomic mass is 35.5. The third-order valence-corrected chi connectivity index (χ3v) is 3.49. The van der Waals surface area contributed by atoms with Crippen molar-refractivity contribution in [2.75, 3.05) is 13.7 Å². The van der Waals surface area contributed by atoms with E-state index in [1.807, 2.05) is 6.92 Å². The molecule has 1 aromatic rings. The first-order valence-corrected chi connectivity index (χ1v) is 7.13. The lowest BCUT2D eigenvalue weighted by atomic mass is 10.1. The molecule has 0 aromatic heterocycles. The molecule has 1 rings (SSSR count). The SMILES string of the molecule is COc1c(Cl)cc(C(=O)NCC(C)CCC(=O)O)cc1Cl. The molecule has 0 aliphatic rings. The molecule has 0 saturated carbocycles. The number of halogens is 2. The molecule has 0 aliphatic heterocycles. The molecule has 1 aromatic carbocycles. The molecular weight excluding hydrogens is 317 g/mol. The van der Waals surface area contributed by atoms with Crippen LogP contribution in [0.25, 0.3) is 0 Å². The Hall–Kier alpha value is -1.46. The van der Waals surface area contributed by atoms with Crippen LogP contribution < -0.4 is 10.1 Å². The Balaban J connectivity index is 2.62. The number of aliphatic carboxylic acids is 1. The number of amides is 1. The molecule has 0 heterocycles. The Bertz CT molecular complexity index is 511. The summed E-state index contributed by atoms with van der Waals surface area (Å²) in [7, 11) is 1.44. The number of rotatable bonds is 7. The summed E-state index contributed by atoms with van der Waals surface area (Å²) in [5, 5.41) is 11.8. The maximum Gasteiger partial charge on any atom is 0.303 e. The maximum atomic E-state index is 12.0. The summed E-state index contributed by atoms with van der Waals surface area (Å²) >= 11 is 11.9. The first-order chi connectivity index (χ1) is 9.85. The van der Waals surface area contributed by atoms with Crippen LogP contribution in [0.1, 0.15) is 30.1 Å². The highest BCUT2D eigenvalue weighted by Gasteiger charge is 2.14. The van der Waals surface area contributed by atoms with Crippen LogP contribution >= 0.6 is 23.2 Å². The van der Waals surface area contributed by atoms with Crippen molar-refractivity contribution < 1.29 is 19.4 Å². The fourth-order valence-corrected chi connectivity index (χ4v) is 2.37. The lowest BCUT2D eigenvalue weighted by Gasteiger charge is -2.13. The van der Waals surface area contributed by atoms with Crippen LogP contribution in [0, 0.1) is 5.92 Å². The van der Waals surface area contributed by atoms with Gasteiger partial charge in [0.25, 0.3) is 5.91 Å². The molecule has 1 atom stereocenters. The number of carbonyl (C=O) groups excluding carboxylic acids is 1. The number of hydrogen-bond acceptors (Lipinski definition) is 3. The number of hydrogen-bond donors (Lipinski definition) is 2. The fraction of sp³-hybridized carbons (Fsp3) is 0.429. The third kappa shape index (κ3) is 5.44. The number of methoxy groups -OCH3 is 1. The first kappa shape index (κ1) is 17.6. The zero-order valence-electron chi connectivity index (χ0n) is 11.8. The van der Waals surface area contributed by atoms with Crippen molar-refractivity contribution >= 4 is 35.1 Å². The van der Waals surface area contributed by atoms with Gasteiger partial charge in [-0.2, -0.15) is 0 Å². The zero-order chi connectivity index (χ0) is 16.0. The van der Waals surface area contributed by atoms with E-state index in [1.165, 1.54) is 19.2 Å². The average Bonchev–Trinajstić information content (AvgIpc) is 2.42. The minimum absolute atomic E-state index is 0.0641. The maximum absolute atomic E-state index is 12.0. The van der Waals surface area contributed by atoms with E-state index < -0.39 is 5.97 Å². The molecule has 5 nitrogen and oxygen atoms in total. The van der Waals surface area contributed by atoms with Crippen molar-refractivity contribution in [3.63, 3.8) is 0 Å². The normalized spacial score (nSPS) is 11.8. The molecule has 0 bridgehead atoms. The van der Waals surface area contributed by atoms with Gasteiger partial charge < -0.3 is 15.2 Å². The smallest absolute Gasteiger partial charge is 0.303 e. The summed E-state index contributed by atoms with van der Waals surface area (Å²) in [6, 6.07) is 2.95. The van der Waals surface area contributed by atoms with Crippen LogP contribution in [0.4, 0.5) is 0 Å². The van der Waals surface area contributed by atoms with Gasteiger partial charge >= 0.3 is 5.97 Å². The molecule has 7 heteroatoms. The van der Waals surface area contributed by atoms with Gasteiger partial charge in [-0.25, -0.2) is 0 Å². The predicted molar refractivity (Wildman–Crippen MR) is 81.4 cm³/mol. The Morgan fingerprint density at radius 1 is 1.33 bits per heavy atom. The van der Waals surface area contributed by atoms with Crippen LogP contribution in [0.15, 0.2) is 12.1 Å². The van der Waals surface area contributed by atoms with Gasteiger partial charge in [0.1, 0.15) is 0 Å². The number of carbonyl (C=O) groups is 2. The number of ether oxygens (including phenoxy) is 1. The molecule has 0 aliphatic carbocycles. The first-order valence-electron chi connectivity index (χ1n) is 6.38. The largest absolute Gasteiger partial charge is 0.494 e. The van der Waals surface area contributed by atoms with Gasteiger partial charge in [0.05, 0.1) is 17.2 Å². The van der Waals surface area contributed by atoms with Gasteiger partial charge in [0, 0.05) is 18.5 Å².